The lowest BCUT2D eigenvalue weighted by Gasteiger charge is -2.31. The van der Waals surface area contributed by atoms with Crippen molar-refractivity contribution in [3.8, 4) is 0 Å². The number of carboxylic acids is 1. The van der Waals surface area contributed by atoms with Crippen molar-refractivity contribution in [2.24, 2.45) is 11.3 Å². The topological polar surface area (TPSA) is 66.4 Å². The van der Waals surface area contributed by atoms with Crippen LogP contribution in [0.1, 0.15) is 26.7 Å². The second-order valence-corrected chi connectivity index (χ2v) is 4.53. The number of allylic oxidation sites excluding steroid dienone is 2. The van der Waals surface area contributed by atoms with Crippen LogP contribution in [-0.2, 0) is 9.59 Å². The van der Waals surface area contributed by atoms with Gasteiger partial charge in [-0.15, -0.1) is 0 Å². The summed E-state index contributed by atoms with van der Waals surface area (Å²) in [6, 6.07) is 0. The molecule has 0 heterocycles. The summed E-state index contributed by atoms with van der Waals surface area (Å²) in [4.78, 5) is 22.5. The van der Waals surface area contributed by atoms with Gasteiger partial charge in [-0.25, -0.2) is 0 Å². The molecular weight excluding hydrogens is 218 g/mol. The SMILES string of the molecule is CC(C)C1(C(=O)NCCC(=O)O)C=CCC=C1. The average molecular weight is 237 g/mol. The van der Waals surface area contributed by atoms with Crippen molar-refractivity contribution in [1.82, 2.24) is 5.32 Å². The Morgan fingerprint density at radius 3 is 2.41 bits per heavy atom. The highest BCUT2D eigenvalue weighted by molar-refractivity contribution is 5.87. The van der Waals surface area contributed by atoms with Crippen LogP contribution in [0.2, 0.25) is 0 Å². The average Bonchev–Trinajstić information content (AvgIpc) is 2.29. The first-order valence-corrected chi connectivity index (χ1v) is 5.84. The minimum Gasteiger partial charge on any atom is -0.481 e. The zero-order valence-corrected chi connectivity index (χ0v) is 10.3. The molecule has 0 aromatic heterocycles. The number of amides is 1. The van der Waals surface area contributed by atoms with Crippen molar-refractivity contribution in [2.75, 3.05) is 6.54 Å². The predicted octanol–water partition coefficient (Wildman–Crippen LogP) is 1.74. The Kier molecular flexibility index (Phi) is 4.49. The van der Waals surface area contributed by atoms with Crippen molar-refractivity contribution in [3.63, 3.8) is 0 Å². The zero-order valence-electron chi connectivity index (χ0n) is 10.3. The first kappa shape index (κ1) is 13.5. The highest BCUT2D eigenvalue weighted by atomic mass is 16.4. The number of hydrogen-bond acceptors (Lipinski definition) is 2. The Morgan fingerprint density at radius 1 is 1.35 bits per heavy atom. The summed E-state index contributed by atoms with van der Waals surface area (Å²) in [5.41, 5.74) is -0.628. The van der Waals surface area contributed by atoms with Crippen LogP contribution in [0.5, 0.6) is 0 Å². The molecule has 0 fully saturated rings. The molecule has 2 N–H and O–H groups in total. The van der Waals surface area contributed by atoms with Gasteiger partial charge in [0.25, 0.3) is 0 Å². The van der Waals surface area contributed by atoms with Crippen molar-refractivity contribution >= 4 is 11.9 Å². The fourth-order valence-electron chi connectivity index (χ4n) is 1.89. The Bertz CT molecular complexity index is 344. The molecule has 0 unspecified atom stereocenters. The maximum atomic E-state index is 12.1. The van der Waals surface area contributed by atoms with Gasteiger partial charge in [-0.2, -0.15) is 0 Å². The molecule has 1 aliphatic carbocycles. The minimum atomic E-state index is -0.904. The van der Waals surface area contributed by atoms with Gasteiger partial charge in [0.1, 0.15) is 0 Å². The van der Waals surface area contributed by atoms with Crippen LogP contribution in [0.3, 0.4) is 0 Å². The number of nitrogens with one attached hydrogen (secondary N) is 1. The van der Waals surface area contributed by atoms with Gasteiger partial charge < -0.3 is 10.4 Å². The molecule has 1 rings (SSSR count). The van der Waals surface area contributed by atoms with E-state index in [9.17, 15) is 9.59 Å². The molecule has 0 aromatic rings. The maximum Gasteiger partial charge on any atom is 0.305 e. The van der Waals surface area contributed by atoms with Gasteiger partial charge in [0.05, 0.1) is 11.8 Å². The van der Waals surface area contributed by atoms with Gasteiger partial charge in [-0.3, -0.25) is 9.59 Å². The normalized spacial score (nSPS) is 17.1. The number of carboxylic acid groups (broad SMARTS) is 1. The molecule has 1 amide bonds. The number of carbonyl (C=O) groups excluding carboxylic acids is 1. The van der Waals surface area contributed by atoms with E-state index in [4.69, 9.17) is 5.11 Å². The quantitative estimate of drug-likeness (QED) is 0.716. The van der Waals surface area contributed by atoms with E-state index in [1.165, 1.54) is 0 Å². The Hall–Kier alpha value is -1.58. The molecule has 0 atom stereocenters. The minimum absolute atomic E-state index is 0.0483. The molecule has 0 saturated heterocycles. The van der Waals surface area contributed by atoms with E-state index >= 15 is 0 Å². The van der Waals surface area contributed by atoms with Crippen LogP contribution < -0.4 is 5.32 Å². The summed E-state index contributed by atoms with van der Waals surface area (Å²) in [6.45, 7) is 4.14. The van der Waals surface area contributed by atoms with Crippen LogP contribution in [0.15, 0.2) is 24.3 Å². The Labute approximate surface area is 101 Å². The smallest absolute Gasteiger partial charge is 0.305 e. The van der Waals surface area contributed by atoms with Gasteiger partial charge >= 0.3 is 5.97 Å². The van der Waals surface area contributed by atoms with E-state index in [-0.39, 0.29) is 24.8 Å². The van der Waals surface area contributed by atoms with Crippen molar-refractivity contribution < 1.29 is 14.7 Å². The van der Waals surface area contributed by atoms with Crippen LogP contribution in [-0.4, -0.2) is 23.5 Å². The Balaban J connectivity index is 2.68. The van der Waals surface area contributed by atoms with Gasteiger partial charge in [0.15, 0.2) is 0 Å². The van der Waals surface area contributed by atoms with E-state index in [2.05, 4.69) is 5.32 Å². The summed E-state index contributed by atoms with van der Waals surface area (Å²) in [6.07, 6.45) is 8.55. The van der Waals surface area contributed by atoms with Gasteiger partial charge in [0.2, 0.25) is 5.91 Å². The lowest BCUT2D eigenvalue weighted by atomic mass is 9.74. The first-order chi connectivity index (χ1) is 7.99. The largest absolute Gasteiger partial charge is 0.481 e. The predicted molar refractivity (Wildman–Crippen MR) is 65.4 cm³/mol. The monoisotopic (exact) mass is 237 g/mol. The van der Waals surface area contributed by atoms with E-state index in [0.29, 0.717) is 0 Å². The molecule has 4 heteroatoms. The Morgan fingerprint density at radius 2 is 1.94 bits per heavy atom. The highest BCUT2D eigenvalue weighted by Gasteiger charge is 2.37. The zero-order chi connectivity index (χ0) is 12.9. The number of carbonyl (C=O) groups is 2. The summed E-state index contributed by atoms with van der Waals surface area (Å²) in [5, 5.41) is 11.2. The maximum absolute atomic E-state index is 12.1. The fraction of sp³-hybridized carbons (Fsp3) is 0.538. The van der Waals surface area contributed by atoms with Crippen molar-refractivity contribution in [2.45, 2.75) is 26.7 Å². The molecule has 4 nitrogen and oxygen atoms in total. The fourth-order valence-corrected chi connectivity index (χ4v) is 1.89. The number of aliphatic carboxylic acids is 1. The van der Waals surface area contributed by atoms with Crippen molar-refractivity contribution in [3.05, 3.63) is 24.3 Å². The second kappa shape index (κ2) is 5.66. The first-order valence-electron chi connectivity index (χ1n) is 5.84. The summed E-state index contributed by atoms with van der Waals surface area (Å²) < 4.78 is 0. The third kappa shape index (κ3) is 3.19. The molecule has 94 valence electrons. The standard InChI is InChI=1S/C13H19NO3/c1-10(2)13(7-4-3-5-8-13)12(17)14-9-6-11(15)16/h4-5,7-8,10H,3,6,9H2,1-2H3,(H,14,17)(H,15,16). The lowest BCUT2D eigenvalue weighted by molar-refractivity contribution is -0.137. The third-order valence-electron chi connectivity index (χ3n) is 3.03. The van der Waals surface area contributed by atoms with Gasteiger partial charge in [-0.05, 0) is 12.3 Å². The molecule has 0 bridgehead atoms. The molecule has 0 aliphatic heterocycles. The highest BCUT2D eigenvalue weighted by Crippen LogP contribution is 2.34. The van der Waals surface area contributed by atoms with Gasteiger partial charge in [-0.1, -0.05) is 38.2 Å². The molecule has 0 radical (unpaired) electrons. The molecular formula is C13H19NO3. The van der Waals surface area contributed by atoms with Crippen LogP contribution >= 0.6 is 0 Å². The van der Waals surface area contributed by atoms with Crippen LogP contribution in [0, 0.1) is 11.3 Å². The number of hydrogen-bond donors (Lipinski definition) is 2. The molecule has 17 heavy (non-hydrogen) atoms. The van der Waals surface area contributed by atoms with Gasteiger partial charge in [0, 0.05) is 6.54 Å². The van der Waals surface area contributed by atoms with Crippen LogP contribution in [0.4, 0.5) is 0 Å². The van der Waals surface area contributed by atoms with E-state index in [1.807, 2.05) is 38.2 Å². The van der Waals surface area contributed by atoms with E-state index < -0.39 is 11.4 Å². The van der Waals surface area contributed by atoms with E-state index in [1.54, 1.807) is 0 Å². The van der Waals surface area contributed by atoms with Crippen molar-refractivity contribution in [1.29, 1.82) is 0 Å². The van der Waals surface area contributed by atoms with E-state index in [0.717, 1.165) is 6.42 Å². The molecule has 0 spiro atoms. The summed E-state index contributed by atoms with van der Waals surface area (Å²) >= 11 is 0. The lowest BCUT2D eigenvalue weighted by Crippen LogP contribution is -2.43. The summed E-state index contributed by atoms with van der Waals surface area (Å²) in [5.74, 6) is -0.889. The number of rotatable bonds is 5. The molecule has 0 saturated carbocycles. The molecule has 0 aromatic carbocycles. The van der Waals surface area contributed by atoms with Crippen LogP contribution in [0.25, 0.3) is 0 Å². The third-order valence-corrected chi connectivity index (χ3v) is 3.03. The molecule has 1 aliphatic rings. The summed E-state index contributed by atoms with van der Waals surface area (Å²) in [7, 11) is 0. The second-order valence-electron chi connectivity index (χ2n) is 4.53.